The summed E-state index contributed by atoms with van der Waals surface area (Å²) in [5.74, 6) is -0.267. The molecule has 1 aromatic carbocycles. The fourth-order valence-corrected chi connectivity index (χ4v) is 1.19. The molecule has 0 aromatic heterocycles. The van der Waals surface area contributed by atoms with Crippen LogP contribution in [0.5, 0.6) is 0 Å². The molecule has 0 radical (unpaired) electrons. The van der Waals surface area contributed by atoms with Crippen LogP contribution in [-0.4, -0.2) is 26.0 Å². The molecule has 94 valence electrons. The van der Waals surface area contributed by atoms with Crippen LogP contribution >= 0.6 is 0 Å². The smallest absolute Gasteiger partial charge is 0.308 e. The van der Waals surface area contributed by atoms with Gasteiger partial charge in [-0.25, -0.2) is 0 Å². The Balaban J connectivity index is 2.13. The number of methoxy groups -OCH3 is 1. The molecule has 0 fully saturated rings. The predicted molar refractivity (Wildman–Crippen MR) is 63.3 cm³/mol. The second-order valence-electron chi connectivity index (χ2n) is 3.57. The van der Waals surface area contributed by atoms with Gasteiger partial charge in [0, 0.05) is 7.11 Å². The van der Waals surface area contributed by atoms with Gasteiger partial charge >= 0.3 is 5.97 Å². The number of rotatable bonds is 7. The highest BCUT2D eigenvalue weighted by molar-refractivity contribution is 5.69. The van der Waals surface area contributed by atoms with Crippen molar-refractivity contribution in [3.8, 4) is 0 Å². The molecule has 17 heavy (non-hydrogen) atoms. The summed E-state index contributed by atoms with van der Waals surface area (Å²) in [7, 11) is 1.55. The van der Waals surface area contributed by atoms with Gasteiger partial charge in [0.15, 0.2) is 6.29 Å². The van der Waals surface area contributed by atoms with E-state index >= 15 is 0 Å². The summed E-state index contributed by atoms with van der Waals surface area (Å²) in [6.45, 7) is 2.39. The molecule has 0 amide bonds. The van der Waals surface area contributed by atoms with E-state index in [4.69, 9.17) is 14.2 Å². The number of hydrogen-bond acceptors (Lipinski definition) is 4. The molecular weight excluding hydrogens is 220 g/mol. The summed E-state index contributed by atoms with van der Waals surface area (Å²) in [5, 5.41) is 0. The van der Waals surface area contributed by atoms with Crippen LogP contribution in [0.25, 0.3) is 0 Å². The largest absolute Gasteiger partial charge is 0.461 e. The highest BCUT2D eigenvalue weighted by atomic mass is 16.7. The summed E-state index contributed by atoms with van der Waals surface area (Å²) in [6.07, 6.45) is -0.0579. The molecule has 0 bridgehead atoms. The average molecular weight is 238 g/mol. The number of hydrogen-bond donors (Lipinski definition) is 0. The Bertz CT molecular complexity index is 323. The minimum Gasteiger partial charge on any atom is -0.461 e. The summed E-state index contributed by atoms with van der Waals surface area (Å²) in [4.78, 5) is 11.3. The Kier molecular flexibility index (Phi) is 6.29. The molecule has 4 heteroatoms. The molecule has 1 unspecified atom stereocenters. The lowest BCUT2D eigenvalue weighted by Gasteiger charge is -2.10. The third-order valence-corrected chi connectivity index (χ3v) is 2.23. The molecule has 0 heterocycles. The average Bonchev–Trinajstić information content (AvgIpc) is 2.37. The van der Waals surface area contributed by atoms with Crippen molar-refractivity contribution in [1.82, 2.24) is 0 Å². The SMILES string of the molecule is COC(C)OCCC(=O)OCc1ccccc1. The highest BCUT2D eigenvalue weighted by Crippen LogP contribution is 2.02. The Hall–Kier alpha value is -1.39. The maximum Gasteiger partial charge on any atom is 0.308 e. The van der Waals surface area contributed by atoms with Crippen molar-refractivity contribution in [1.29, 1.82) is 0 Å². The van der Waals surface area contributed by atoms with Gasteiger partial charge in [0.1, 0.15) is 6.61 Å². The van der Waals surface area contributed by atoms with Gasteiger partial charge in [-0.3, -0.25) is 4.79 Å². The fraction of sp³-hybridized carbons (Fsp3) is 0.462. The number of esters is 1. The van der Waals surface area contributed by atoms with Crippen LogP contribution in [0.15, 0.2) is 30.3 Å². The minimum absolute atomic E-state index is 0.237. The van der Waals surface area contributed by atoms with Crippen molar-refractivity contribution in [2.75, 3.05) is 13.7 Å². The quantitative estimate of drug-likeness (QED) is 0.539. The Morgan fingerprint density at radius 2 is 2.00 bits per heavy atom. The third kappa shape index (κ3) is 6.04. The number of carbonyl (C=O) groups excluding carboxylic acids is 1. The van der Waals surface area contributed by atoms with E-state index < -0.39 is 0 Å². The van der Waals surface area contributed by atoms with Crippen molar-refractivity contribution < 1.29 is 19.0 Å². The third-order valence-electron chi connectivity index (χ3n) is 2.23. The van der Waals surface area contributed by atoms with Gasteiger partial charge in [-0.2, -0.15) is 0 Å². The molecule has 0 aliphatic carbocycles. The van der Waals surface area contributed by atoms with Crippen molar-refractivity contribution in [2.24, 2.45) is 0 Å². The molecule has 1 atom stereocenters. The normalized spacial score (nSPS) is 12.1. The zero-order chi connectivity index (χ0) is 12.5. The van der Waals surface area contributed by atoms with Crippen LogP contribution in [-0.2, 0) is 25.6 Å². The van der Waals surface area contributed by atoms with Crippen LogP contribution in [0.1, 0.15) is 18.9 Å². The van der Waals surface area contributed by atoms with E-state index in [0.29, 0.717) is 13.2 Å². The maximum absolute atomic E-state index is 11.3. The Morgan fingerprint density at radius 3 is 2.65 bits per heavy atom. The minimum atomic E-state index is -0.295. The predicted octanol–water partition coefficient (Wildman–Crippen LogP) is 2.13. The van der Waals surface area contributed by atoms with Gasteiger partial charge in [0.25, 0.3) is 0 Å². The van der Waals surface area contributed by atoms with Gasteiger partial charge in [-0.1, -0.05) is 30.3 Å². The lowest BCUT2D eigenvalue weighted by molar-refractivity contribution is -0.151. The van der Waals surface area contributed by atoms with Crippen LogP contribution in [0.4, 0.5) is 0 Å². The molecule has 0 aliphatic heterocycles. The van der Waals surface area contributed by atoms with E-state index in [-0.39, 0.29) is 18.7 Å². The number of ether oxygens (including phenoxy) is 3. The van der Waals surface area contributed by atoms with E-state index in [0.717, 1.165) is 5.56 Å². The monoisotopic (exact) mass is 238 g/mol. The second-order valence-corrected chi connectivity index (χ2v) is 3.57. The first-order chi connectivity index (χ1) is 8.22. The van der Waals surface area contributed by atoms with Crippen molar-refractivity contribution >= 4 is 5.97 Å². The maximum atomic E-state index is 11.3. The molecule has 1 rings (SSSR count). The van der Waals surface area contributed by atoms with Crippen molar-refractivity contribution in [3.05, 3.63) is 35.9 Å². The standard InChI is InChI=1S/C13H18O4/c1-11(15-2)16-9-8-13(14)17-10-12-6-4-3-5-7-12/h3-7,11H,8-10H2,1-2H3. The number of carbonyl (C=O) groups is 1. The van der Waals surface area contributed by atoms with E-state index in [1.165, 1.54) is 0 Å². The lowest BCUT2D eigenvalue weighted by atomic mass is 10.2. The lowest BCUT2D eigenvalue weighted by Crippen LogP contribution is -2.14. The summed E-state index contributed by atoms with van der Waals surface area (Å²) in [5.41, 5.74) is 0.979. The van der Waals surface area contributed by atoms with E-state index in [1.807, 2.05) is 30.3 Å². The van der Waals surface area contributed by atoms with Gasteiger partial charge < -0.3 is 14.2 Å². The van der Waals surface area contributed by atoms with Crippen molar-refractivity contribution in [2.45, 2.75) is 26.2 Å². The first-order valence-electron chi connectivity index (χ1n) is 5.56. The van der Waals surface area contributed by atoms with Gasteiger partial charge in [-0.15, -0.1) is 0 Å². The number of benzene rings is 1. The second kappa shape index (κ2) is 7.81. The van der Waals surface area contributed by atoms with Crippen LogP contribution in [0, 0.1) is 0 Å². The first-order valence-corrected chi connectivity index (χ1v) is 5.56. The zero-order valence-corrected chi connectivity index (χ0v) is 10.2. The molecule has 0 saturated heterocycles. The molecule has 0 saturated carbocycles. The Morgan fingerprint density at radius 1 is 1.29 bits per heavy atom. The van der Waals surface area contributed by atoms with Gasteiger partial charge in [-0.05, 0) is 12.5 Å². The molecule has 0 spiro atoms. The van der Waals surface area contributed by atoms with Crippen LogP contribution < -0.4 is 0 Å². The summed E-state index contributed by atoms with van der Waals surface area (Å²) in [6, 6.07) is 9.57. The Labute approximate surface area is 101 Å². The van der Waals surface area contributed by atoms with Gasteiger partial charge in [0.05, 0.1) is 13.0 Å². The van der Waals surface area contributed by atoms with E-state index in [2.05, 4.69) is 0 Å². The van der Waals surface area contributed by atoms with E-state index in [9.17, 15) is 4.79 Å². The first kappa shape index (κ1) is 13.7. The zero-order valence-electron chi connectivity index (χ0n) is 10.2. The molecule has 4 nitrogen and oxygen atoms in total. The highest BCUT2D eigenvalue weighted by Gasteiger charge is 2.05. The molecule has 0 aliphatic rings. The summed E-state index contributed by atoms with van der Waals surface area (Å²) < 4.78 is 15.2. The molecular formula is C13H18O4. The van der Waals surface area contributed by atoms with Crippen LogP contribution in [0.2, 0.25) is 0 Å². The fourth-order valence-electron chi connectivity index (χ4n) is 1.19. The topological polar surface area (TPSA) is 44.8 Å². The summed E-state index contributed by atoms with van der Waals surface area (Å²) >= 11 is 0. The molecule has 0 N–H and O–H groups in total. The van der Waals surface area contributed by atoms with Crippen molar-refractivity contribution in [3.63, 3.8) is 0 Å². The van der Waals surface area contributed by atoms with E-state index in [1.54, 1.807) is 14.0 Å². The molecule has 1 aromatic rings. The van der Waals surface area contributed by atoms with Gasteiger partial charge in [0.2, 0.25) is 0 Å². The van der Waals surface area contributed by atoms with Crippen LogP contribution in [0.3, 0.4) is 0 Å².